The van der Waals surface area contributed by atoms with Gasteiger partial charge in [0.1, 0.15) is 23.9 Å². The lowest BCUT2D eigenvalue weighted by molar-refractivity contribution is 0.104. The van der Waals surface area contributed by atoms with Gasteiger partial charge in [-0.15, -0.1) is 0 Å². The third-order valence-corrected chi connectivity index (χ3v) is 4.58. The Hall–Kier alpha value is -3.53. The maximum absolute atomic E-state index is 12.4. The first-order chi connectivity index (χ1) is 14.1. The maximum atomic E-state index is 12.4. The number of ketones is 1. The molecule has 0 aliphatic carbocycles. The smallest absolute Gasteiger partial charge is 0.185 e. The molecule has 0 atom stereocenters. The van der Waals surface area contributed by atoms with E-state index in [2.05, 4.69) is 0 Å². The lowest BCUT2D eigenvalue weighted by Crippen LogP contribution is -2.00. The molecule has 3 aromatic rings. The molecule has 4 heteroatoms. The third-order valence-electron chi connectivity index (χ3n) is 4.58. The lowest BCUT2D eigenvalue weighted by atomic mass is 10.1. The van der Waals surface area contributed by atoms with Crippen LogP contribution in [-0.2, 0) is 6.61 Å². The van der Waals surface area contributed by atoms with Crippen molar-refractivity contribution in [1.82, 2.24) is 0 Å². The van der Waals surface area contributed by atoms with E-state index in [1.54, 1.807) is 50.6 Å². The van der Waals surface area contributed by atoms with Crippen LogP contribution in [0.4, 0.5) is 0 Å². The maximum Gasteiger partial charge on any atom is 0.185 e. The first-order valence-electron chi connectivity index (χ1n) is 9.32. The zero-order valence-electron chi connectivity index (χ0n) is 16.8. The fourth-order valence-corrected chi connectivity index (χ4v) is 2.91. The number of carbonyl (C=O) groups excluding carboxylic acids is 1. The Balaban J connectivity index is 1.74. The normalized spacial score (nSPS) is 10.7. The molecule has 0 heterocycles. The molecule has 0 amide bonds. The van der Waals surface area contributed by atoms with Crippen LogP contribution in [0, 0.1) is 6.92 Å². The van der Waals surface area contributed by atoms with E-state index in [0.717, 1.165) is 33.9 Å². The Kier molecular flexibility index (Phi) is 6.69. The summed E-state index contributed by atoms with van der Waals surface area (Å²) in [6.07, 6.45) is 3.36. The number of hydrogen-bond donors (Lipinski definition) is 0. The van der Waals surface area contributed by atoms with Gasteiger partial charge in [0.25, 0.3) is 0 Å². The van der Waals surface area contributed by atoms with Crippen molar-refractivity contribution in [3.8, 4) is 17.2 Å². The molecule has 3 aromatic carbocycles. The quantitative estimate of drug-likeness (QED) is 0.378. The zero-order valence-corrected chi connectivity index (χ0v) is 16.8. The minimum absolute atomic E-state index is 0.0684. The Morgan fingerprint density at radius 1 is 0.897 bits per heavy atom. The van der Waals surface area contributed by atoms with Crippen molar-refractivity contribution in [1.29, 1.82) is 0 Å². The van der Waals surface area contributed by atoms with Crippen molar-refractivity contribution in [3.63, 3.8) is 0 Å². The molecule has 0 N–H and O–H groups in total. The molecule has 0 spiro atoms. The van der Waals surface area contributed by atoms with E-state index in [-0.39, 0.29) is 5.78 Å². The monoisotopic (exact) mass is 388 g/mol. The van der Waals surface area contributed by atoms with Crippen molar-refractivity contribution in [2.45, 2.75) is 13.5 Å². The van der Waals surface area contributed by atoms with Crippen molar-refractivity contribution in [2.24, 2.45) is 0 Å². The number of para-hydroxylation sites is 1. The Labute approximate surface area is 171 Å². The van der Waals surface area contributed by atoms with Crippen molar-refractivity contribution >= 4 is 11.9 Å². The molecule has 0 fully saturated rings. The van der Waals surface area contributed by atoms with E-state index in [1.807, 2.05) is 49.4 Å². The molecule has 148 valence electrons. The summed E-state index contributed by atoms with van der Waals surface area (Å²) < 4.78 is 16.5. The molecule has 0 aliphatic heterocycles. The van der Waals surface area contributed by atoms with Crippen LogP contribution in [0.25, 0.3) is 6.08 Å². The van der Waals surface area contributed by atoms with Crippen molar-refractivity contribution < 1.29 is 19.0 Å². The van der Waals surface area contributed by atoms with E-state index < -0.39 is 0 Å². The molecule has 0 radical (unpaired) electrons. The van der Waals surface area contributed by atoms with Crippen LogP contribution < -0.4 is 14.2 Å². The third kappa shape index (κ3) is 5.26. The number of aryl methyl sites for hydroxylation is 1. The van der Waals surface area contributed by atoms with Gasteiger partial charge in [-0.05, 0) is 66.6 Å². The van der Waals surface area contributed by atoms with E-state index in [9.17, 15) is 4.79 Å². The van der Waals surface area contributed by atoms with E-state index >= 15 is 0 Å². The highest BCUT2D eigenvalue weighted by atomic mass is 16.5. The molecule has 3 rings (SSSR count). The molecule has 29 heavy (non-hydrogen) atoms. The summed E-state index contributed by atoms with van der Waals surface area (Å²) in [7, 11) is 3.23. The summed E-state index contributed by atoms with van der Waals surface area (Å²) in [5, 5.41) is 0. The molecule has 4 nitrogen and oxygen atoms in total. The summed E-state index contributed by atoms with van der Waals surface area (Å²) >= 11 is 0. The highest BCUT2D eigenvalue weighted by Crippen LogP contribution is 2.24. The Morgan fingerprint density at radius 2 is 1.66 bits per heavy atom. The second-order valence-corrected chi connectivity index (χ2v) is 6.55. The van der Waals surface area contributed by atoms with Gasteiger partial charge in [-0.3, -0.25) is 4.79 Å². The number of allylic oxidation sites excluding steroid dienone is 1. The molecule has 0 bridgehead atoms. The standard InChI is InChI=1S/C25H24O4/c1-18-6-4-5-7-24(18)29-17-21-16-19(9-15-25(21)28-3)8-14-23(26)20-10-12-22(27-2)13-11-20/h4-16H,17H2,1-3H3/b14-8+. The average molecular weight is 388 g/mol. The number of methoxy groups -OCH3 is 2. The number of ether oxygens (including phenoxy) is 3. The number of benzene rings is 3. The lowest BCUT2D eigenvalue weighted by Gasteiger charge is -2.12. The van der Waals surface area contributed by atoms with Gasteiger partial charge >= 0.3 is 0 Å². The Morgan fingerprint density at radius 3 is 2.34 bits per heavy atom. The molecule has 0 aliphatic rings. The fraction of sp³-hybridized carbons (Fsp3) is 0.160. The highest BCUT2D eigenvalue weighted by molar-refractivity contribution is 6.06. The number of hydrogen-bond acceptors (Lipinski definition) is 4. The van der Waals surface area contributed by atoms with Crippen LogP contribution >= 0.6 is 0 Å². The van der Waals surface area contributed by atoms with Crippen LogP contribution in [0.1, 0.15) is 27.0 Å². The SMILES string of the molecule is COc1ccc(C(=O)/C=C/c2ccc(OC)c(COc3ccccc3C)c2)cc1. The summed E-state index contributed by atoms with van der Waals surface area (Å²) in [4.78, 5) is 12.4. The topological polar surface area (TPSA) is 44.8 Å². The number of rotatable bonds is 8. The van der Waals surface area contributed by atoms with Gasteiger partial charge in [-0.25, -0.2) is 0 Å². The summed E-state index contributed by atoms with van der Waals surface area (Å²) in [6, 6.07) is 20.7. The summed E-state index contributed by atoms with van der Waals surface area (Å²) in [5.74, 6) is 2.24. The van der Waals surface area contributed by atoms with Gasteiger partial charge in [-0.2, -0.15) is 0 Å². The second-order valence-electron chi connectivity index (χ2n) is 6.55. The molecule has 0 saturated carbocycles. The Bertz CT molecular complexity index is 1000. The largest absolute Gasteiger partial charge is 0.497 e. The minimum Gasteiger partial charge on any atom is -0.497 e. The average Bonchev–Trinajstić information content (AvgIpc) is 2.77. The zero-order chi connectivity index (χ0) is 20.6. The van der Waals surface area contributed by atoms with E-state index in [0.29, 0.717) is 12.2 Å². The molecular formula is C25H24O4. The van der Waals surface area contributed by atoms with Crippen molar-refractivity contribution in [3.05, 3.63) is 95.1 Å². The molecule has 0 aromatic heterocycles. The molecular weight excluding hydrogens is 364 g/mol. The first kappa shape index (κ1) is 20.2. The van der Waals surface area contributed by atoms with E-state index in [4.69, 9.17) is 14.2 Å². The van der Waals surface area contributed by atoms with Crippen LogP contribution in [0.15, 0.2) is 72.8 Å². The van der Waals surface area contributed by atoms with Gasteiger partial charge in [0.15, 0.2) is 5.78 Å². The minimum atomic E-state index is -0.0684. The predicted octanol–water partition coefficient (Wildman–Crippen LogP) is 5.49. The summed E-state index contributed by atoms with van der Waals surface area (Å²) in [6.45, 7) is 2.39. The van der Waals surface area contributed by atoms with Gasteiger partial charge in [0.05, 0.1) is 14.2 Å². The van der Waals surface area contributed by atoms with E-state index in [1.165, 1.54) is 0 Å². The van der Waals surface area contributed by atoms with Gasteiger partial charge in [0.2, 0.25) is 0 Å². The predicted molar refractivity (Wildman–Crippen MR) is 115 cm³/mol. The van der Waals surface area contributed by atoms with Crippen LogP contribution in [0.2, 0.25) is 0 Å². The van der Waals surface area contributed by atoms with Crippen LogP contribution in [-0.4, -0.2) is 20.0 Å². The highest BCUT2D eigenvalue weighted by Gasteiger charge is 2.07. The number of carbonyl (C=O) groups is 1. The fourth-order valence-electron chi connectivity index (χ4n) is 2.91. The molecule has 0 saturated heterocycles. The molecule has 0 unspecified atom stereocenters. The van der Waals surface area contributed by atoms with Crippen LogP contribution in [0.3, 0.4) is 0 Å². The summed E-state index contributed by atoms with van der Waals surface area (Å²) in [5.41, 5.74) is 3.50. The van der Waals surface area contributed by atoms with Gasteiger partial charge in [-0.1, -0.05) is 30.3 Å². The second kappa shape index (κ2) is 9.60. The first-order valence-corrected chi connectivity index (χ1v) is 9.32. The van der Waals surface area contributed by atoms with Gasteiger partial charge < -0.3 is 14.2 Å². The van der Waals surface area contributed by atoms with Gasteiger partial charge in [0, 0.05) is 11.1 Å². The van der Waals surface area contributed by atoms with Crippen LogP contribution in [0.5, 0.6) is 17.2 Å². The van der Waals surface area contributed by atoms with Crippen molar-refractivity contribution in [2.75, 3.05) is 14.2 Å².